The molecule has 0 unspecified atom stereocenters. The van der Waals surface area contributed by atoms with Crippen LogP contribution in [-0.4, -0.2) is 23.3 Å². The fourth-order valence-electron chi connectivity index (χ4n) is 2.57. The molecule has 1 fully saturated rings. The zero-order valence-electron chi connectivity index (χ0n) is 9.67. The highest BCUT2D eigenvalue weighted by Crippen LogP contribution is 2.24. The van der Waals surface area contributed by atoms with Crippen LogP contribution in [0.25, 0.3) is 10.9 Å². The Hall–Kier alpha value is -1.06. The van der Waals surface area contributed by atoms with E-state index < -0.39 is 0 Å². The predicted octanol–water partition coefficient (Wildman–Crippen LogP) is 2.76. The van der Waals surface area contributed by atoms with Gasteiger partial charge < -0.3 is 5.32 Å². The zero-order valence-corrected chi connectivity index (χ0v) is 10.4. The van der Waals surface area contributed by atoms with Crippen molar-refractivity contribution in [2.24, 2.45) is 5.92 Å². The van der Waals surface area contributed by atoms with Crippen molar-refractivity contribution in [3.8, 4) is 0 Å². The smallest absolute Gasteiger partial charge is 0.132 e. The largest absolute Gasteiger partial charge is 0.317 e. The highest BCUT2D eigenvalue weighted by atomic mass is 35.5. The van der Waals surface area contributed by atoms with Gasteiger partial charge in [-0.1, -0.05) is 17.7 Å². The Morgan fingerprint density at radius 1 is 1.29 bits per heavy atom. The summed E-state index contributed by atoms with van der Waals surface area (Å²) >= 11 is 6.06. The molecule has 4 heteroatoms. The summed E-state index contributed by atoms with van der Waals surface area (Å²) in [7, 11) is 0. The number of piperidine rings is 1. The van der Waals surface area contributed by atoms with E-state index in [1.807, 2.05) is 6.07 Å². The number of nitrogens with zero attached hydrogens (tertiary/aromatic N) is 1. The molecular weight excluding hydrogens is 234 g/mol. The monoisotopic (exact) mass is 249 g/mol. The lowest BCUT2D eigenvalue weighted by molar-refractivity contribution is 0.373. The van der Waals surface area contributed by atoms with Gasteiger partial charge in [-0.25, -0.2) is 0 Å². The number of fused-ring (bicyclic) bond motifs is 1. The van der Waals surface area contributed by atoms with Crippen LogP contribution >= 0.6 is 11.6 Å². The molecule has 1 aliphatic rings. The topological polar surface area (TPSA) is 40.7 Å². The summed E-state index contributed by atoms with van der Waals surface area (Å²) in [5.74, 6) is 0.805. The van der Waals surface area contributed by atoms with Gasteiger partial charge in [0.15, 0.2) is 0 Å². The molecule has 3 rings (SSSR count). The number of benzene rings is 1. The number of nitrogens with one attached hydrogen (secondary N) is 2. The highest BCUT2D eigenvalue weighted by Gasteiger charge is 2.14. The van der Waals surface area contributed by atoms with Crippen LogP contribution in [0, 0.1) is 5.92 Å². The Balaban J connectivity index is 1.82. The number of hydrogen-bond acceptors (Lipinski definition) is 2. The molecule has 0 radical (unpaired) electrons. The van der Waals surface area contributed by atoms with E-state index in [1.165, 1.54) is 18.4 Å². The van der Waals surface area contributed by atoms with Crippen molar-refractivity contribution in [1.82, 2.24) is 15.5 Å². The van der Waals surface area contributed by atoms with E-state index in [9.17, 15) is 0 Å². The number of halogens is 1. The van der Waals surface area contributed by atoms with E-state index in [-0.39, 0.29) is 0 Å². The van der Waals surface area contributed by atoms with Gasteiger partial charge in [-0.2, -0.15) is 5.10 Å². The first-order valence-electron chi connectivity index (χ1n) is 6.16. The van der Waals surface area contributed by atoms with Crippen molar-refractivity contribution in [3.05, 3.63) is 28.9 Å². The summed E-state index contributed by atoms with van der Waals surface area (Å²) < 4.78 is 0. The Morgan fingerprint density at radius 3 is 2.94 bits per heavy atom. The zero-order chi connectivity index (χ0) is 11.7. The Morgan fingerprint density at radius 2 is 2.12 bits per heavy atom. The van der Waals surface area contributed by atoms with Crippen LogP contribution in [0.1, 0.15) is 18.4 Å². The van der Waals surface area contributed by atoms with E-state index >= 15 is 0 Å². The first kappa shape index (κ1) is 11.1. The summed E-state index contributed by atoms with van der Waals surface area (Å²) in [6, 6.07) is 6.39. The van der Waals surface area contributed by atoms with Crippen molar-refractivity contribution in [1.29, 1.82) is 0 Å². The van der Waals surface area contributed by atoms with Gasteiger partial charge in [-0.05, 0) is 56.0 Å². The van der Waals surface area contributed by atoms with E-state index in [1.54, 1.807) is 0 Å². The van der Waals surface area contributed by atoms with E-state index in [2.05, 4.69) is 27.6 Å². The van der Waals surface area contributed by atoms with Crippen LogP contribution in [0.3, 0.4) is 0 Å². The number of hydrogen-bond donors (Lipinski definition) is 2. The second-order valence-corrected chi connectivity index (χ2v) is 5.16. The molecule has 1 saturated heterocycles. The molecule has 0 atom stereocenters. The van der Waals surface area contributed by atoms with Gasteiger partial charge in [0, 0.05) is 5.39 Å². The molecule has 17 heavy (non-hydrogen) atoms. The van der Waals surface area contributed by atoms with Crippen molar-refractivity contribution in [2.45, 2.75) is 19.3 Å². The molecule has 0 saturated carbocycles. The van der Waals surface area contributed by atoms with Crippen LogP contribution in [0.4, 0.5) is 0 Å². The van der Waals surface area contributed by atoms with Crippen LogP contribution in [-0.2, 0) is 6.42 Å². The summed E-state index contributed by atoms with van der Waals surface area (Å²) in [5.41, 5.74) is 2.32. The van der Waals surface area contributed by atoms with Crippen molar-refractivity contribution in [2.75, 3.05) is 13.1 Å². The maximum absolute atomic E-state index is 6.06. The first-order chi connectivity index (χ1) is 8.33. The third kappa shape index (κ3) is 2.31. The van der Waals surface area contributed by atoms with Crippen molar-refractivity contribution in [3.63, 3.8) is 0 Å². The molecule has 2 aromatic rings. The first-order valence-corrected chi connectivity index (χ1v) is 6.54. The summed E-state index contributed by atoms with van der Waals surface area (Å²) in [6.07, 6.45) is 3.70. The summed E-state index contributed by atoms with van der Waals surface area (Å²) in [5, 5.41) is 12.0. The molecule has 1 aromatic heterocycles. The number of aromatic nitrogens is 2. The SMILES string of the molecule is Clc1[nH]nc2ccc(CC3CCNCC3)cc12. The normalized spacial score (nSPS) is 17.7. The minimum absolute atomic E-state index is 0.646. The average molecular weight is 250 g/mol. The lowest BCUT2D eigenvalue weighted by Crippen LogP contribution is -2.28. The van der Waals surface area contributed by atoms with Crippen molar-refractivity contribution >= 4 is 22.5 Å². The lowest BCUT2D eigenvalue weighted by atomic mass is 9.91. The van der Waals surface area contributed by atoms with E-state index in [0.717, 1.165) is 36.3 Å². The Labute approximate surface area is 106 Å². The molecular formula is C13H16ClN3. The van der Waals surface area contributed by atoms with Gasteiger partial charge in [0.05, 0.1) is 5.52 Å². The molecule has 1 aliphatic heterocycles. The quantitative estimate of drug-likeness (QED) is 0.859. The van der Waals surface area contributed by atoms with E-state index in [4.69, 9.17) is 11.6 Å². The molecule has 90 valence electrons. The lowest BCUT2D eigenvalue weighted by Gasteiger charge is -2.22. The number of H-pyrrole nitrogens is 1. The number of aromatic amines is 1. The van der Waals surface area contributed by atoms with Gasteiger partial charge in [0.25, 0.3) is 0 Å². The predicted molar refractivity (Wildman–Crippen MR) is 70.4 cm³/mol. The summed E-state index contributed by atoms with van der Waals surface area (Å²) in [4.78, 5) is 0. The Kier molecular flexibility index (Phi) is 3.04. The second kappa shape index (κ2) is 4.67. The van der Waals surface area contributed by atoms with Crippen LogP contribution in [0.2, 0.25) is 5.15 Å². The van der Waals surface area contributed by atoms with Crippen LogP contribution < -0.4 is 5.32 Å². The summed E-state index contributed by atoms with van der Waals surface area (Å²) in [6.45, 7) is 2.30. The fourth-order valence-corrected chi connectivity index (χ4v) is 2.77. The average Bonchev–Trinajstić information content (AvgIpc) is 2.73. The molecule has 0 spiro atoms. The third-order valence-electron chi connectivity index (χ3n) is 3.56. The molecule has 0 amide bonds. The molecule has 3 nitrogen and oxygen atoms in total. The maximum atomic E-state index is 6.06. The van der Waals surface area contributed by atoms with Crippen LogP contribution in [0.15, 0.2) is 18.2 Å². The Bertz CT molecular complexity index is 514. The van der Waals surface area contributed by atoms with Gasteiger partial charge in [0.2, 0.25) is 0 Å². The maximum Gasteiger partial charge on any atom is 0.132 e. The highest BCUT2D eigenvalue weighted by molar-refractivity contribution is 6.34. The third-order valence-corrected chi connectivity index (χ3v) is 3.84. The minimum atomic E-state index is 0.646. The van der Waals surface area contributed by atoms with Crippen molar-refractivity contribution < 1.29 is 0 Å². The molecule has 2 N–H and O–H groups in total. The standard InChI is InChI=1S/C13H16ClN3/c14-13-11-8-10(1-2-12(11)16-17-13)7-9-3-5-15-6-4-9/h1-2,8-9,15H,3-7H2,(H,16,17). The molecule has 1 aromatic carbocycles. The van der Waals surface area contributed by atoms with Crippen LogP contribution in [0.5, 0.6) is 0 Å². The molecule has 0 aliphatic carbocycles. The van der Waals surface area contributed by atoms with Gasteiger partial charge in [0.1, 0.15) is 5.15 Å². The minimum Gasteiger partial charge on any atom is -0.317 e. The van der Waals surface area contributed by atoms with E-state index in [0.29, 0.717) is 5.15 Å². The molecule has 2 heterocycles. The molecule has 0 bridgehead atoms. The van der Waals surface area contributed by atoms with Gasteiger partial charge >= 0.3 is 0 Å². The van der Waals surface area contributed by atoms with Gasteiger partial charge in [-0.3, -0.25) is 5.10 Å². The number of rotatable bonds is 2. The fraction of sp³-hybridized carbons (Fsp3) is 0.462. The van der Waals surface area contributed by atoms with Gasteiger partial charge in [-0.15, -0.1) is 0 Å². The second-order valence-electron chi connectivity index (χ2n) is 4.79.